The van der Waals surface area contributed by atoms with Gasteiger partial charge in [-0.25, -0.2) is 0 Å². The highest BCUT2D eigenvalue weighted by Crippen LogP contribution is 2.32. The average molecular weight is 402 g/mol. The van der Waals surface area contributed by atoms with E-state index in [1.165, 1.54) is 0 Å². The summed E-state index contributed by atoms with van der Waals surface area (Å²) in [6, 6.07) is 25.5. The summed E-state index contributed by atoms with van der Waals surface area (Å²) in [6.07, 6.45) is 0. The molecular formula is C25H26N2O3. The van der Waals surface area contributed by atoms with Gasteiger partial charge in [-0.05, 0) is 42.8 Å². The lowest BCUT2D eigenvalue weighted by atomic mass is 9.98. The van der Waals surface area contributed by atoms with Crippen LogP contribution in [0.5, 0.6) is 11.5 Å². The molecule has 0 spiro atoms. The Balaban J connectivity index is 1.46. The molecule has 0 aliphatic carbocycles. The van der Waals surface area contributed by atoms with Gasteiger partial charge in [-0.15, -0.1) is 0 Å². The molecule has 0 radical (unpaired) electrons. The summed E-state index contributed by atoms with van der Waals surface area (Å²) in [7, 11) is 1.95. The zero-order chi connectivity index (χ0) is 20.9. The molecule has 5 heteroatoms. The lowest BCUT2D eigenvalue weighted by Crippen LogP contribution is -2.44. The number of carbonyl (C=O) groups excluding carboxylic acids is 1. The maximum Gasteiger partial charge on any atom is 0.237 e. The SMILES string of the molecule is C[C@H](C(=O)NC(c1ccccc1)c1ccccc1)N(C)Cc1ccc2c(c1)OCO2. The van der Waals surface area contributed by atoms with Gasteiger partial charge in [-0.2, -0.15) is 0 Å². The molecule has 1 atom stereocenters. The molecule has 154 valence electrons. The van der Waals surface area contributed by atoms with Gasteiger partial charge in [0.25, 0.3) is 0 Å². The Morgan fingerprint density at radius 3 is 2.17 bits per heavy atom. The largest absolute Gasteiger partial charge is 0.454 e. The van der Waals surface area contributed by atoms with E-state index >= 15 is 0 Å². The van der Waals surface area contributed by atoms with Crippen molar-refractivity contribution in [3.8, 4) is 11.5 Å². The summed E-state index contributed by atoms with van der Waals surface area (Å²) in [5.74, 6) is 1.50. The van der Waals surface area contributed by atoms with Gasteiger partial charge in [-0.3, -0.25) is 9.69 Å². The number of fused-ring (bicyclic) bond motifs is 1. The van der Waals surface area contributed by atoms with Crippen LogP contribution in [0, 0.1) is 0 Å². The zero-order valence-corrected chi connectivity index (χ0v) is 17.2. The van der Waals surface area contributed by atoms with E-state index < -0.39 is 0 Å². The third kappa shape index (κ3) is 4.47. The molecule has 0 fully saturated rings. The summed E-state index contributed by atoms with van der Waals surface area (Å²) in [4.78, 5) is 15.1. The molecule has 0 unspecified atom stereocenters. The highest BCUT2D eigenvalue weighted by Gasteiger charge is 2.23. The van der Waals surface area contributed by atoms with Crippen molar-refractivity contribution >= 4 is 5.91 Å². The fourth-order valence-corrected chi connectivity index (χ4v) is 3.58. The van der Waals surface area contributed by atoms with Gasteiger partial charge in [0.2, 0.25) is 12.7 Å². The fraction of sp³-hybridized carbons (Fsp3) is 0.240. The van der Waals surface area contributed by atoms with E-state index in [1.54, 1.807) is 0 Å². The number of hydrogen-bond donors (Lipinski definition) is 1. The van der Waals surface area contributed by atoms with E-state index in [2.05, 4.69) is 5.32 Å². The van der Waals surface area contributed by atoms with Gasteiger partial charge in [0.1, 0.15) is 0 Å². The van der Waals surface area contributed by atoms with Gasteiger partial charge in [0.15, 0.2) is 11.5 Å². The van der Waals surface area contributed by atoms with E-state index in [0.29, 0.717) is 6.54 Å². The molecule has 0 aromatic heterocycles. The maximum absolute atomic E-state index is 13.1. The smallest absolute Gasteiger partial charge is 0.237 e. The zero-order valence-electron chi connectivity index (χ0n) is 17.2. The highest BCUT2D eigenvalue weighted by molar-refractivity contribution is 5.82. The standard InChI is InChI=1S/C25H26N2O3/c1-18(27(2)16-19-13-14-22-23(15-19)30-17-29-22)25(28)26-24(20-9-5-3-6-10-20)21-11-7-4-8-12-21/h3-15,18,24H,16-17H2,1-2H3,(H,26,28)/t18-/m1/s1. The first-order chi connectivity index (χ1) is 14.6. The molecule has 1 aliphatic rings. The Labute approximate surface area is 177 Å². The van der Waals surface area contributed by atoms with Crippen LogP contribution in [0.3, 0.4) is 0 Å². The van der Waals surface area contributed by atoms with Gasteiger partial charge in [0.05, 0.1) is 12.1 Å². The molecule has 1 aliphatic heterocycles. The van der Waals surface area contributed by atoms with Crippen LogP contribution in [0.1, 0.15) is 29.7 Å². The second-order valence-corrected chi connectivity index (χ2v) is 7.54. The Hall–Kier alpha value is -3.31. The van der Waals surface area contributed by atoms with E-state index in [0.717, 1.165) is 28.2 Å². The topological polar surface area (TPSA) is 50.8 Å². The van der Waals surface area contributed by atoms with Crippen molar-refractivity contribution in [2.45, 2.75) is 25.6 Å². The van der Waals surface area contributed by atoms with Crippen LogP contribution in [0.4, 0.5) is 0 Å². The van der Waals surface area contributed by atoms with Crippen LogP contribution < -0.4 is 14.8 Å². The predicted molar refractivity (Wildman–Crippen MR) is 116 cm³/mol. The molecule has 0 bridgehead atoms. The Morgan fingerprint density at radius 2 is 1.53 bits per heavy atom. The molecule has 1 amide bonds. The normalized spacial score (nSPS) is 13.5. The van der Waals surface area contributed by atoms with Crippen LogP contribution in [-0.4, -0.2) is 30.7 Å². The molecule has 0 saturated carbocycles. The monoisotopic (exact) mass is 402 g/mol. The molecule has 4 rings (SSSR count). The van der Waals surface area contributed by atoms with E-state index in [4.69, 9.17) is 9.47 Å². The van der Waals surface area contributed by atoms with Gasteiger partial charge < -0.3 is 14.8 Å². The van der Waals surface area contributed by atoms with Crippen molar-refractivity contribution in [2.75, 3.05) is 13.8 Å². The van der Waals surface area contributed by atoms with Crippen molar-refractivity contribution in [1.29, 1.82) is 0 Å². The molecule has 3 aromatic carbocycles. The van der Waals surface area contributed by atoms with Crippen LogP contribution in [0.15, 0.2) is 78.9 Å². The summed E-state index contributed by atoms with van der Waals surface area (Å²) in [5.41, 5.74) is 3.19. The van der Waals surface area contributed by atoms with Crippen LogP contribution >= 0.6 is 0 Å². The molecule has 1 N–H and O–H groups in total. The van der Waals surface area contributed by atoms with Crippen molar-refractivity contribution in [1.82, 2.24) is 10.2 Å². The average Bonchev–Trinajstić information content (AvgIpc) is 3.26. The number of hydrogen-bond acceptors (Lipinski definition) is 4. The first-order valence-electron chi connectivity index (χ1n) is 10.1. The quantitative estimate of drug-likeness (QED) is 0.645. The minimum absolute atomic E-state index is 0.0176. The Kier molecular flexibility index (Phi) is 6.00. The highest BCUT2D eigenvalue weighted by atomic mass is 16.7. The number of likely N-dealkylation sites (N-methyl/N-ethyl adjacent to an activating group) is 1. The summed E-state index contributed by atoms with van der Waals surface area (Å²) >= 11 is 0. The third-order valence-corrected chi connectivity index (χ3v) is 5.46. The molecule has 3 aromatic rings. The summed E-state index contributed by atoms with van der Waals surface area (Å²) in [6.45, 7) is 2.82. The van der Waals surface area contributed by atoms with Crippen LogP contribution in [0.2, 0.25) is 0 Å². The minimum atomic E-state index is -0.301. The number of nitrogens with one attached hydrogen (secondary N) is 1. The summed E-state index contributed by atoms with van der Waals surface area (Å²) < 4.78 is 10.8. The van der Waals surface area contributed by atoms with Gasteiger partial charge >= 0.3 is 0 Å². The van der Waals surface area contributed by atoms with Crippen LogP contribution in [-0.2, 0) is 11.3 Å². The molecule has 1 heterocycles. The molecule has 0 saturated heterocycles. The molecular weight excluding hydrogens is 376 g/mol. The molecule has 30 heavy (non-hydrogen) atoms. The molecule has 5 nitrogen and oxygen atoms in total. The maximum atomic E-state index is 13.1. The number of rotatable bonds is 7. The van der Waals surface area contributed by atoms with Gasteiger partial charge in [-0.1, -0.05) is 66.7 Å². The Morgan fingerprint density at radius 1 is 0.933 bits per heavy atom. The second kappa shape index (κ2) is 9.01. The number of ether oxygens (including phenoxy) is 2. The van der Waals surface area contributed by atoms with E-state index in [1.807, 2.05) is 97.7 Å². The van der Waals surface area contributed by atoms with Crippen molar-refractivity contribution in [3.05, 3.63) is 95.6 Å². The number of carbonyl (C=O) groups is 1. The predicted octanol–water partition coefficient (Wildman–Crippen LogP) is 4.14. The number of benzene rings is 3. The first-order valence-corrected chi connectivity index (χ1v) is 10.1. The van der Waals surface area contributed by atoms with Crippen LogP contribution in [0.25, 0.3) is 0 Å². The van der Waals surface area contributed by atoms with Gasteiger partial charge in [0, 0.05) is 6.54 Å². The van der Waals surface area contributed by atoms with Crippen molar-refractivity contribution < 1.29 is 14.3 Å². The van der Waals surface area contributed by atoms with E-state index in [-0.39, 0.29) is 24.8 Å². The third-order valence-electron chi connectivity index (χ3n) is 5.46. The number of nitrogens with zero attached hydrogens (tertiary/aromatic N) is 1. The van der Waals surface area contributed by atoms with Crippen molar-refractivity contribution in [3.63, 3.8) is 0 Å². The summed E-state index contributed by atoms with van der Waals surface area (Å²) in [5, 5.41) is 3.23. The first kappa shape index (κ1) is 20.0. The lowest BCUT2D eigenvalue weighted by molar-refractivity contribution is -0.126. The lowest BCUT2D eigenvalue weighted by Gasteiger charge is -2.27. The minimum Gasteiger partial charge on any atom is -0.454 e. The fourth-order valence-electron chi connectivity index (χ4n) is 3.58. The second-order valence-electron chi connectivity index (χ2n) is 7.54. The Bertz CT molecular complexity index is 952. The van der Waals surface area contributed by atoms with E-state index in [9.17, 15) is 4.79 Å². The number of amides is 1. The van der Waals surface area contributed by atoms with Crippen molar-refractivity contribution in [2.24, 2.45) is 0 Å².